The average Bonchev–Trinajstić information content (AvgIpc) is 3.27. The number of aromatic hydroxyl groups is 1. The summed E-state index contributed by atoms with van der Waals surface area (Å²) in [6, 6.07) is 3.20. The van der Waals surface area contributed by atoms with Crippen molar-refractivity contribution in [2.45, 2.75) is 44.6 Å². The number of ketones is 1. The lowest BCUT2D eigenvalue weighted by molar-refractivity contribution is -0.143. The van der Waals surface area contributed by atoms with Crippen molar-refractivity contribution >= 4 is 23.4 Å². The molecule has 3 atom stereocenters. The zero-order valence-electron chi connectivity index (χ0n) is 17.6. The van der Waals surface area contributed by atoms with E-state index in [1.165, 1.54) is 7.11 Å². The van der Waals surface area contributed by atoms with Crippen molar-refractivity contribution in [2.75, 3.05) is 20.3 Å². The molecule has 1 saturated heterocycles. The average molecular weight is 448 g/mol. The molecule has 2 N–H and O–H groups in total. The van der Waals surface area contributed by atoms with Crippen molar-refractivity contribution in [1.82, 2.24) is 5.32 Å². The Morgan fingerprint density at radius 3 is 2.87 bits per heavy atom. The lowest BCUT2D eigenvalue weighted by Crippen LogP contribution is -2.41. The number of methoxy groups -OCH3 is 1. The first-order valence-electron chi connectivity index (χ1n) is 10.5. The van der Waals surface area contributed by atoms with Crippen LogP contribution in [0, 0.1) is 5.92 Å². The monoisotopic (exact) mass is 447 g/mol. The maximum Gasteiger partial charge on any atom is 0.336 e. The van der Waals surface area contributed by atoms with Gasteiger partial charge < -0.3 is 24.6 Å². The van der Waals surface area contributed by atoms with Crippen molar-refractivity contribution in [3.05, 3.63) is 45.8 Å². The van der Waals surface area contributed by atoms with E-state index in [0.717, 1.165) is 18.5 Å². The highest BCUT2D eigenvalue weighted by Crippen LogP contribution is 2.47. The van der Waals surface area contributed by atoms with Crippen molar-refractivity contribution in [1.29, 1.82) is 0 Å². The molecule has 0 aromatic heterocycles. The second-order valence-electron chi connectivity index (χ2n) is 8.07. The van der Waals surface area contributed by atoms with Crippen LogP contribution in [-0.2, 0) is 19.1 Å². The number of phenolic OH excluding ortho intramolecular Hbond substituents is 1. The molecular weight excluding hydrogens is 422 g/mol. The van der Waals surface area contributed by atoms with Crippen LogP contribution < -0.4 is 10.1 Å². The Morgan fingerprint density at radius 1 is 1.35 bits per heavy atom. The van der Waals surface area contributed by atoms with Crippen LogP contribution in [0.25, 0.3) is 0 Å². The van der Waals surface area contributed by atoms with Crippen LogP contribution in [0.4, 0.5) is 0 Å². The van der Waals surface area contributed by atoms with Crippen LogP contribution in [0.3, 0.4) is 0 Å². The zero-order chi connectivity index (χ0) is 22.1. The summed E-state index contributed by atoms with van der Waals surface area (Å²) in [6.45, 7) is 2.64. The highest BCUT2D eigenvalue weighted by Gasteiger charge is 2.44. The molecule has 31 heavy (non-hydrogen) atoms. The number of nitrogens with one attached hydrogen (secondary N) is 1. The third-order valence-corrected chi connectivity index (χ3v) is 6.38. The lowest BCUT2D eigenvalue weighted by Gasteiger charge is -2.38. The molecule has 0 saturated carbocycles. The van der Waals surface area contributed by atoms with Crippen molar-refractivity contribution in [2.24, 2.45) is 5.92 Å². The normalized spacial score (nSPS) is 25.6. The molecule has 2 aliphatic heterocycles. The number of rotatable bonds is 5. The number of hydrogen-bond acceptors (Lipinski definition) is 7. The van der Waals surface area contributed by atoms with Crippen molar-refractivity contribution < 1.29 is 28.9 Å². The van der Waals surface area contributed by atoms with Crippen LogP contribution in [0.5, 0.6) is 11.5 Å². The molecule has 2 heterocycles. The Hall–Kier alpha value is -2.51. The standard InChI is InChI=1S/C23H26ClNO6/c1-12-19(23(28)31-11-14-5-4-8-30-14)20(21-16(25-12)6-3-7-17(21)26)13-9-15(24)22(27)18(10-13)29-2/h6,9-10,14,20-21,25,27H,3-5,7-8,11H2,1-2H3. The summed E-state index contributed by atoms with van der Waals surface area (Å²) in [5, 5.41) is 13.5. The minimum absolute atomic E-state index is 0.0371. The summed E-state index contributed by atoms with van der Waals surface area (Å²) in [5.74, 6) is -1.63. The van der Waals surface area contributed by atoms with Gasteiger partial charge >= 0.3 is 5.97 Å². The smallest absolute Gasteiger partial charge is 0.336 e. The largest absolute Gasteiger partial charge is 0.503 e. The first kappa shape index (κ1) is 21.7. The number of allylic oxidation sites excluding steroid dienone is 3. The highest BCUT2D eigenvalue weighted by atomic mass is 35.5. The number of esters is 1. The van der Waals surface area contributed by atoms with Gasteiger partial charge in [0.15, 0.2) is 11.5 Å². The molecule has 7 nitrogen and oxygen atoms in total. The Morgan fingerprint density at radius 2 is 2.16 bits per heavy atom. The van der Waals surface area contributed by atoms with E-state index in [-0.39, 0.29) is 35.0 Å². The summed E-state index contributed by atoms with van der Waals surface area (Å²) in [4.78, 5) is 26.2. The Kier molecular flexibility index (Phi) is 6.25. The molecule has 3 aliphatic rings. The van der Waals surface area contributed by atoms with E-state index in [9.17, 15) is 14.7 Å². The fourth-order valence-electron chi connectivity index (χ4n) is 4.59. The van der Waals surface area contributed by atoms with Crippen LogP contribution in [-0.4, -0.2) is 43.3 Å². The zero-order valence-corrected chi connectivity index (χ0v) is 18.3. The number of fused-ring (bicyclic) bond motifs is 1. The Balaban J connectivity index is 1.76. The predicted octanol–water partition coefficient (Wildman–Crippen LogP) is 3.60. The summed E-state index contributed by atoms with van der Waals surface area (Å²) < 4.78 is 16.4. The second kappa shape index (κ2) is 8.93. The molecule has 3 unspecified atom stereocenters. The van der Waals surface area contributed by atoms with Crippen LogP contribution >= 0.6 is 11.6 Å². The molecule has 0 radical (unpaired) electrons. The number of carbonyl (C=O) groups excluding carboxylic acids is 2. The van der Waals surface area contributed by atoms with Gasteiger partial charge in [-0.2, -0.15) is 0 Å². The molecule has 1 aliphatic carbocycles. The van der Waals surface area contributed by atoms with Gasteiger partial charge in [-0.25, -0.2) is 4.79 Å². The predicted molar refractivity (Wildman–Crippen MR) is 114 cm³/mol. The van der Waals surface area contributed by atoms with Crippen molar-refractivity contribution in [3.8, 4) is 11.5 Å². The fraction of sp³-hybridized carbons (Fsp3) is 0.478. The molecule has 0 amide bonds. The topological polar surface area (TPSA) is 94.1 Å². The minimum Gasteiger partial charge on any atom is -0.503 e. The van der Waals surface area contributed by atoms with Gasteiger partial charge in [0.2, 0.25) is 0 Å². The van der Waals surface area contributed by atoms with Gasteiger partial charge in [0.25, 0.3) is 0 Å². The lowest BCUT2D eigenvalue weighted by atomic mass is 9.71. The number of Topliss-reactive ketones (excluding diaryl/α,β-unsaturated/α-hetero) is 1. The molecule has 0 bridgehead atoms. The number of halogens is 1. The molecule has 1 aromatic rings. The molecule has 1 aromatic carbocycles. The minimum atomic E-state index is -0.607. The van der Waals surface area contributed by atoms with Gasteiger partial charge in [0.1, 0.15) is 12.4 Å². The number of benzene rings is 1. The van der Waals surface area contributed by atoms with Crippen LogP contribution in [0.15, 0.2) is 35.2 Å². The number of carbonyl (C=O) groups is 2. The first-order chi connectivity index (χ1) is 14.9. The quantitative estimate of drug-likeness (QED) is 0.666. The Bertz CT molecular complexity index is 963. The van der Waals surface area contributed by atoms with Gasteiger partial charge in [-0.3, -0.25) is 4.79 Å². The highest BCUT2D eigenvalue weighted by molar-refractivity contribution is 6.32. The molecule has 166 valence electrons. The third-order valence-electron chi connectivity index (χ3n) is 6.09. The van der Waals surface area contributed by atoms with Gasteiger partial charge in [-0.05, 0) is 43.9 Å². The molecule has 8 heteroatoms. The summed E-state index contributed by atoms with van der Waals surface area (Å²) >= 11 is 6.25. The molecule has 1 fully saturated rings. The summed E-state index contributed by atoms with van der Waals surface area (Å²) in [6.07, 6.45) is 4.74. The SMILES string of the molecule is COc1cc(C2C(C(=O)OCC3CCCO3)=C(C)NC3=CCCC(=O)C32)cc(Cl)c1O. The number of phenols is 1. The van der Waals surface area contributed by atoms with E-state index >= 15 is 0 Å². The van der Waals surface area contributed by atoms with E-state index in [0.29, 0.717) is 36.3 Å². The van der Waals surface area contributed by atoms with E-state index in [4.69, 9.17) is 25.8 Å². The second-order valence-corrected chi connectivity index (χ2v) is 8.48. The van der Waals surface area contributed by atoms with Gasteiger partial charge in [-0.15, -0.1) is 0 Å². The molecular formula is C23H26ClNO6. The van der Waals surface area contributed by atoms with E-state index in [1.54, 1.807) is 19.1 Å². The van der Waals surface area contributed by atoms with Gasteiger partial charge in [0, 0.05) is 30.3 Å². The van der Waals surface area contributed by atoms with Crippen LogP contribution in [0.1, 0.15) is 44.1 Å². The van der Waals surface area contributed by atoms with Gasteiger partial charge in [-0.1, -0.05) is 17.7 Å². The fourth-order valence-corrected chi connectivity index (χ4v) is 4.81. The van der Waals surface area contributed by atoms with Crippen molar-refractivity contribution in [3.63, 3.8) is 0 Å². The Labute approximate surface area is 186 Å². The van der Waals surface area contributed by atoms with E-state index < -0.39 is 17.8 Å². The van der Waals surface area contributed by atoms with Gasteiger partial charge in [0.05, 0.1) is 29.7 Å². The summed E-state index contributed by atoms with van der Waals surface area (Å²) in [7, 11) is 1.42. The first-order valence-corrected chi connectivity index (χ1v) is 10.8. The third kappa shape index (κ3) is 4.16. The van der Waals surface area contributed by atoms with Crippen LogP contribution in [0.2, 0.25) is 5.02 Å². The number of ether oxygens (including phenoxy) is 3. The van der Waals surface area contributed by atoms with E-state index in [2.05, 4.69) is 5.32 Å². The maximum absolute atomic E-state index is 13.2. The summed E-state index contributed by atoms with van der Waals surface area (Å²) in [5.41, 5.74) is 2.38. The maximum atomic E-state index is 13.2. The molecule has 4 rings (SSSR count). The molecule has 0 spiro atoms. The van der Waals surface area contributed by atoms with E-state index in [1.807, 2.05) is 6.08 Å². The number of hydrogen-bond donors (Lipinski definition) is 2.